The molecule has 180 valence electrons. The first-order chi connectivity index (χ1) is 15.8. The van der Waals surface area contributed by atoms with E-state index in [0.717, 1.165) is 24.2 Å². The Hall–Kier alpha value is -1.75. The summed E-state index contributed by atoms with van der Waals surface area (Å²) in [5.74, 6) is -1.55. The third-order valence-corrected chi connectivity index (χ3v) is 6.58. The first-order valence-electron chi connectivity index (χ1n) is 11.0. The first kappa shape index (κ1) is 24.4. The fourth-order valence-corrected chi connectivity index (χ4v) is 4.40. The van der Waals surface area contributed by atoms with Crippen molar-refractivity contribution < 1.29 is 39.7 Å². The Balaban J connectivity index is 1.51. The zero-order valence-corrected chi connectivity index (χ0v) is 18.8. The van der Waals surface area contributed by atoms with Gasteiger partial charge < -0.3 is 39.7 Å². The van der Waals surface area contributed by atoms with Crippen LogP contribution in [0.25, 0.3) is 0 Å². The maximum Gasteiger partial charge on any atom is 0.222 e. The summed E-state index contributed by atoms with van der Waals surface area (Å²) in [7, 11) is 0. The fourth-order valence-electron chi connectivity index (χ4n) is 4.22. The Morgan fingerprint density at radius 3 is 2.36 bits per heavy atom. The van der Waals surface area contributed by atoms with Gasteiger partial charge in [-0.15, -0.1) is 0 Å². The van der Waals surface area contributed by atoms with Crippen LogP contribution < -0.4 is 4.74 Å². The second-order valence-electron chi connectivity index (χ2n) is 8.52. The monoisotopic (exact) mass is 480 g/mol. The van der Waals surface area contributed by atoms with Gasteiger partial charge in [-0.25, -0.2) is 0 Å². The molecule has 2 aromatic carbocycles. The van der Waals surface area contributed by atoms with Crippen LogP contribution >= 0.6 is 11.6 Å². The summed E-state index contributed by atoms with van der Waals surface area (Å²) in [6, 6.07) is 12.3. The summed E-state index contributed by atoms with van der Waals surface area (Å²) in [4.78, 5) is 0. The molecule has 2 aromatic rings. The van der Waals surface area contributed by atoms with E-state index in [1.165, 1.54) is 6.07 Å². The van der Waals surface area contributed by atoms with Crippen molar-refractivity contribution in [1.29, 1.82) is 0 Å². The van der Waals surface area contributed by atoms with E-state index >= 15 is 0 Å². The van der Waals surface area contributed by atoms with Crippen molar-refractivity contribution in [3.05, 3.63) is 64.2 Å². The molecule has 0 bridgehead atoms. The van der Waals surface area contributed by atoms with Gasteiger partial charge in [-0.2, -0.15) is 0 Å². The summed E-state index contributed by atoms with van der Waals surface area (Å²) < 4.78 is 16.8. The second kappa shape index (κ2) is 10.2. The molecule has 9 heteroatoms. The number of aliphatic hydroxyl groups excluding tert-OH is 4. The first-order valence-corrected chi connectivity index (χ1v) is 11.4. The van der Waals surface area contributed by atoms with Crippen molar-refractivity contribution in [2.45, 2.75) is 55.6 Å². The molecule has 2 heterocycles. The molecule has 0 unspecified atom stereocenters. The van der Waals surface area contributed by atoms with E-state index < -0.39 is 36.8 Å². The Labute approximate surface area is 196 Å². The van der Waals surface area contributed by atoms with Crippen LogP contribution in [0.15, 0.2) is 42.5 Å². The topological polar surface area (TPSA) is 129 Å². The van der Waals surface area contributed by atoms with Crippen LogP contribution in [0, 0.1) is 0 Å². The summed E-state index contributed by atoms with van der Waals surface area (Å²) >= 11 is 6.38. The minimum atomic E-state index is -2.33. The van der Waals surface area contributed by atoms with Gasteiger partial charge in [-0.3, -0.25) is 0 Å². The lowest BCUT2D eigenvalue weighted by atomic mass is 9.87. The van der Waals surface area contributed by atoms with E-state index in [-0.39, 0.29) is 11.7 Å². The highest BCUT2D eigenvalue weighted by atomic mass is 35.5. The Bertz CT molecular complexity index is 931. The van der Waals surface area contributed by atoms with Gasteiger partial charge in [0.25, 0.3) is 0 Å². The van der Waals surface area contributed by atoms with Crippen LogP contribution in [0.2, 0.25) is 5.02 Å². The predicted molar refractivity (Wildman–Crippen MR) is 119 cm³/mol. The van der Waals surface area contributed by atoms with Crippen LogP contribution in [-0.4, -0.2) is 75.9 Å². The van der Waals surface area contributed by atoms with Gasteiger partial charge in [-0.1, -0.05) is 29.8 Å². The molecule has 2 aliphatic heterocycles. The molecule has 0 radical (unpaired) electrons. The Morgan fingerprint density at radius 1 is 1.00 bits per heavy atom. The molecule has 2 aliphatic rings. The molecule has 0 saturated carbocycles. The maximum absolute atomic E-state index is 11.1. The van der Waals surface area contributed by atoms with Crippen LogP contribution in [0.4, 0.5) is 0 Å². The minimum Gasteiger partial charge on any atom is -0.490 e. The molecule has 0 aromatic heterocycles. The van der Waals surface area contributed by atoms with Gasteiger partial charge in [0.15, 0.2) is 0 Å². The highest BCUT2D eigenvalue weighted by molar-refractivity contribution is 6.31. The number of hydrogen-bond donors (Lipinski definition) is 5. The van der Waals surface area contributed by atoms with Crippen LogP contribution in [0.3, 0.4) is 0 Å². The summed E-state index contributed by atoms with van der Waals surface area (Å²) in [6.45, 7) is 0.769. The average molecular weight is 481 g/mol. The van der Waals surface area contributed by atoms with E-state index in [9.17, 15) is 25.5 Å². The van der Waals surface area contributed by atoms with E-state index in [1.54, 1.807) is 12.1 Å². The van der Waals surface area contributed by atoms with Gasteiger partial charge >= 0.3 is 0 Å². The normalized spacial score (nSPS) is 30.8. The van der Waals surface area contributed by atoms with E-state index in [1.807, 2.05) is 24.3 Å². The molecule has 0 aliphatic carbocycles. The molecular formula is C24H29ClO8. The number of rotatable bonds is 6. The molecule has 0 spiro atoms. The SMILES string of the molecule is OC[C@H]1O[C@](O)(c2ccc(Cl)c(Cc3ccc(OC4CCOCC4)cc3)c2)[C@H](O)[C@@H](O)[C@@H]1O. The van der Waals surface area contributed by atoms with Crippen LogP contribution in [0.1, 0.15) is 29.5 Å². The van der Waals surface area contributed by atoms with Gasteiger partial charge in [0.2, 0.25) is 5.79 Å². The molecule has 8 nitrogen and oxygen atoms in total. The smallest absolute Gasteiger partial charge is 0.222 e. The lowest BCUT2D eigenvalue weighted by Gasteiger charge is -2.45. The standard InChI is InChI=1S/C24H29ClO8/c25-19-6-3-16(24(30)23(29)22(28)21(27)20(13-26)33-24)12-15(19)11-14-1-4-17(5-2-14)32-18-7-9-31-10-8-18/h1-6,12,18,20-23,26-30H,7-11,13H2/t20-,21-,22+,23-,24-/m1/s1. The Kier molecular flexibility index (Phi) is 7.57. The molecular weight excluding hydrogens is 452 g/mol. The lowest BCUT2D eigenvalue weighted by molar-refractivity contribution is -0.357. The zero-order chi connectivity index (χ0) is 23.6. The van der Waals surface area contributed by atoms with Gasteiger partial charge in [0.1, 0.15) is 36.3 Å². The van der Waals surface area contributed by atoms with Gasteiger partial charge in [-0.05, 0) is 41.8 Å². The van der Waals surface area contributed by atoms with Crippen molar-refractivity contribution in [3.8, 4) is 5.75 Å². The Morgan fingerprint density at radius 2 is 1.70 bits per heavy atom. The summed E-state index contributed by atoms with van der Waals surface area (Å²) in [5.41, 5.74) is 1.77. The predicted octanol–water partition coefficient (Wildman–Crippen LogP) is 1.11. The van der Waals surface area contributed by atoms with E-state index in [2.05, 4.69) is 0 Å². The molecule has 5 atom stereocenters. The summed E-state index contributed by atoms with van der Waals surface area (Å²) in [5, 5.41) is 51.5. The average Bonchev–Trinajstić information content (AvgIpc) is 2.83. The number of halogens is 1. The highest BCUT2D eigenvalue weighted by Gasteiger charge is 2.53. The second-order valence-corrected chi connectivity index (χ2v) is 8.93. The highest BCUT2D eigenvalue weighted by Crippen LogP contribution is 2.38. The number of aliphatic hydroxyl groups is 5. The fraction of sp³-hybridized carbons (Fsp3) is 0.500. The zero-order valence-electron chi connectivity index (χ0n) is 18.0. The quantitative estimate of drug-likeness (QED) is 0.416. The van der Waals surface area contributed by atoms with E-state index in [0.29, 0.717) is 30.2 Å². The molecule has 0 amide bonds. The van der Waals surface area contributed by atoms with Gasteiger partial charge in [0, 0.05) is 23.4 Å². The molecule has 33 heavy (non-hydrogen) atoms. The van der Waals surface area contributed by atoms with Gasteiger partial charge in [0.05, 0.1) is 19.8 Å². The third kappa shape index (κ3) is 5.18. The van der Waals surface area contributed by atoms with Crippen molar-refractivity contribution >= 4 is 11.6 Å². The third-order valence-electron chi connectivity index (χ3n) is 6.21. The maximum atomic E-state index is 11.1. The van der Waals surface area contributed by atoms with Crippen molar-refractivity contribution in [2.24, 2.45) is 0 Å². The van der Waals surface area contributed by atoms with E-state index in [4.69, 9.17) is 25.8 Å². The molecule has 2 saturated heterocycles. The lowest BCUT2D eigenvalue weighted by Crippen LogP contribution is -2.63. The largest absolute Gasteiger partial charge is 0.490 e. The number of benzene rings is 2. The van der Waals surface area contributed by atoms with Crippen molar-refractivity contribution in [3.63, 3.8) is 0 Å². The molecule has 4 rings (SSSR count). The number of hydrogen-bond acceptors (Lipinski definition) is 8. The van der Waals surface area contributed by atoms with Crippen LogP contribution in [-0.2, 0) is 21.7 Å². The van der Waals surface area contributed by atoms with Crippen molar-refractivity contribution in [2.75, 3.05) is 19.8 Å². The molecule has 5 N–H and O–H groups in total. The summed E-state index contributed by atoms with van der Waals surface area (Å²) in [6.07, 6.45) is -4.03. The molecule has 2 fully saturated rings. The van der Waals surface area contributed by atoms with Crippen molar-refractivity contribution in [1.82, 2.24) is 0 Å². The van der Waals surface area contributed by atoms with Crippen LogP contribution in [0.5, 0.6) is 5.75 Å². The minimum absolute atomic E-state index is 0.148. The number of ether oxygens (including phenoxy) is 3.